The van der Waals surface area contributed by atoms with Gasteiger partial charge in [-0.05, 0) is 30.4 Å². The molecule has 3 heteroatoms. The molecule has 0 aliphatic carbocycles. The quantitative estimate of drug-likeness (QED) is 0.905. The zero-order chi connectivity index (χ0) is 13.9. The topological polar surface area (TPSA) is 26.2 Å². The zero-order valence-corrected chi connectivity index (χ0v) is 12.4. The van der Waals surface area contributed by atoms with Gasteiger partial charge in [-0.15, -0.1) is 0 Å². The summed E-state index contributed by atoms with van der Waals surface area (Å²) in [4.78, 5) is 0. The van der Waals surface area contributed by atoms with Gasteiger partial charge in [0.2, 0.25) is 0 Å². The molecule has 2 heterocycles. The van der Waals surface area contributed by atoms with E-state index in [4.69, 9.17) is 4.74 Å². The minimum absolute atomic E-state index is 0.454. The smallest absolute Gasteiger partial charge is 0.0613 e. The molecule has 3 rings (SSSR count). The van der Waals surface area contributed by atoms with E-state index < -0.39 is 0 Å². The third-order valence-corrected chi connectivity index (χ3v) is 4.45. The van der Waals surface area contributed by atoms with Gasteiger partial charge in [-0.25, -0.2) is 0 Å². The van der Waals surface area contributed by atoms with Gasteiger partial charge in [0.1, 0.15) is 0 Å². The molecule has 3 nitrogen and oxygen atoms in total. The van der Waals surface area contributed by atoms with Gasteiger partial charge in [0.15, 0.2) is 0 Å². The fraction of sp³-hybridized carbons (Fsp3) is 0.529. The molecule has 1 N–H and O–H groups in total. The third kappa shape index (κ3) is 2.60. The predicted molar refractivity (Wildman–Crippen MR) is 82.8 cm³/mol. The summed E-state index contributed by atoms with van der Waals surface area (Å²) < 4.78 is 7.96. The lowest BCUT2D eigenvalue weighted by molar-refractivity contribution is 0.0872. The number of nitrogens with one attached hydrogen (secondary N) is 1. The molecular weight excluding hydrogens is 248 g/mol. The van der Waals surface area contributed by atoms with Crippen LogP contribution in [-0.4, -0.2) is 23.8 Å². The van der Waals surface area contributed by atoms with Gasteiger partial charge in [-0.2, -0.15) is 0 Å². The largest absolute Gasteiger partial charge is 0.378 e. The molecule has 1 aliphatic rings. The molecule has 20 heavy (non-hydrogen) atoms. The van der Waals surface area contributed by atoms with Crippen molar-refractivity contribution in [2.45, 2.75) is 32.4 Å². The van der Waals surface area contributed by atoms with Crippen LogP contribution in [-0.2, 0) is 18.3 Å². The van der Waals surface area contributed by atoms with E-state index in [0.29, 0.717) is 12.0 Å². The fourth-order valence-corrected chi connectivity index (χ4v) is 3.34. The lowest BCUT2D eigenvalue weighted by Gasteiger charge is -2.17. The molecule has 2 unspecified atom stereocenters. The van der Waals surface area contributed by atoms with Gasteiger partial charge in [0.25, 0.3) is 0 Å². The second kappa shape index (κ2) is 5.98. The number of ether oxygens (including phenoxy) is 1. The Hall–Kier alpha value is -1.32. The maximum absolute atomic E-state index is 5.75. The first-order chi connectivity index (χ1) is 9.79. The Morgan fingerprint density at radius 3 is 3.05 bits per heavy atom. The van der Waals surface area contributed by atoms with E-state index in [1.807, 2.05) is 0 Å². The van der Waals surface area contributed by atoms with Gasteiger partial charge >= 0.3 is 0 Å². The van der Waals surface area contributed by atoms with Crippen LogP contribution in [0, 0.1) is 5.92 Å². The van der Waals surface area contributed by atoms with E-state index in [2.05, 4.69) is 54.3 Å². The number of aromatic nitrogens is 1. The Labute approximate surface area is 120 Å². The van der Waals surface area contributed by atoms with Gasteiger partial charge < -0.3 is 14.6 Å². The van der Waals surface area contributed by atoms with E-state index in [9.17, 15) is 0 Å². The predicted octanol–water partition coefficient (Wildman–Crippen LogP) is 3.08. The van der Waals surface area contributed by atoms with Crippen LogP contribution in [0.25, 0.3) is 10.9 Å². The van der Waals surface area contributed by atoms with Crippen molar-refractivity contribution in [1.82, 2.24) is 9.88 Å². The number of hydrogen-bond acceptors (Lipinski definition) is 2. The Balaban J connectivity index is 1.63. The first kappa shape index (κ1) is 13.7. The second-order valence-corrected chi connectivity index (χ2v) is 5.78. The van der Waals surface area contributed by atoms with Crippen LogP contribution in [0.5, 0.6) is 0 Å². The van der Waals surface area contributed by atoms with Crippen molar-refractivity contribution in [2.24, 2.45) is 13.0 Å². The molecule has 0 amide bonds. The van der Waals surface area contributed by atoms with Crippen LogP contribution >= 0.6 is 0 Å². The van der Waals surface area contributed by atoms with Gasteiger partial charge in [-0.1, -0.05) is 25.1 Å². The molecule has 108 valence electrons. The summed E-state index contributed by atoms with van der Waals surface area (Å²) in [5.41, 5.74) is 2.69. The molecule has 2 aromatic rings. The highest BCUT2D eigenvalue weighted by Gasteiger charge is 2.26. The van der Waals surface area contributed by atoms with Crippen molar-refractivity contribution in [3.8, 4) is 0 Å². The van der Waals surface area contributed by atoms with E-state index in [1.54, 1.807) is 0 Å². The molecule has 0 bridgehead atoms. The Morgan fingerprint density at radius 1 is 1.35 bits per heavy atom. The highest BCUT2D eigenvalue weighted by molar-refractivity contribution is 5.83. The van der Waals surface area contributed by atoms with Crippen molar-refractivity contribution >= 4 is 10.9 Å². The molecule has 1 aliphatic heterocycles. The van der Waals surface area contributed by atoms with Crippen molar-refractivity contribution in [1.29, 1.82) is 0 Å². The minimum atomic E-state index is 0.454. The molecule has 0 saturated carbocycles. The second-order valence-electron chi connectivity index (χ2n) is 5.78. The van der Waals surface area contributed by atoms with Crippen molar-refractivity contribution in [3.63, 3.8) is 0 Å². The summed E-state index contributed by atoms with van der Waals surface area (Å²) in [5, 5.41) is 4.98. The lowest BCUT2D eigenvalue weighted by atomic mass is 9.99. The van der Waals surface area contributed by atoms with Gasteiger partial charge in [0, 0.05) is 43.8 Å². The van der Waals surface area contributed by atoms with Crippen LogP contribution < -0.4 is 5.32 Å². The average molecular weight is 272 g/mol. The summed E-state index contributed by atoms with van der Waals surface area (Å²) in [6.07, 6.45) is 5.01. The maximum Gasteiger partial charge on any atom is 0.0613 e. The zero-order valence-electron chi connectivity index (χ0n) is 12.4. The average Bonchev–Trinajstić information content (AvgIpc) is 3.05. The highest BCUT2D eigenvalue weighted by atomic mass is 16.5. The van der Waals surface area contributed by atoms with Crippen molar-refractivity contribution in [3.05, 3.63) is 36.0 Å². The van der Waals surface area contributed by atoms with Crippen LogP contribution in [0.3, 0.4) is 0 Å². The van der Waals surface area contributed by atoms with Gasteiger partial charge in [0.05, 0.1) is 6.10 Å². The Morgan fingerprint density at radius 2 is 2.20 bits per heavy atom. The van der Waals surface area contributed by atoms with Crippen LogP contribution in [0.1, 0.15) is 25.3 Å². The number of benzene rings is 1. The molecule has 1 aromatic heterocycles. The number of para-hydroxylation sites is 1. The molecule has 0 radical (unpaired) electrons. The van der Waals surface area contributed by atoms with E-state index in [1.165, 1.54) is 22.9 Å². The molecule has 1 saturated heterocycles. The van der Waals surface area contributed by atoms with E-state index >= 15 is 0 Å². The Bertz CT molecular complexity index is 575. The monoisotopic (exact) mass is 272 g/mol. The third-order valence-electron chi connectivity index (χ3n) is 4.45. The normalized spacial score (nSPS) is 22.7. The molecular formula is C17H24N2O. The first-order valence-electron chi connectivity index (χ1n) is 7.65. The summed E-state index contributed by atoms with van der Waals surface area (Å²) in [5.74, 6) is 0.676. The number of aryl methyl sites for hydroxylation is 1. The van der Waals surface area contributed by atoms with Crippen LogP contribution in [0.15, 0.2) is 30.5 Å². The van der Waals surface area contributed by atoms with E-state index in [-0.39, 0.29) is 0 Å². The molecule has 1 fully saturated rings. The molecule has 1 aromatic carbocycles. The SMILES string of the molecule is CCC1OCCC1CNCc1cn(C)c2ccccc12. The molecule has 2 atom stereocenters. The standard InChI is InChI=1S/C17H24N2O/c1-3-17-13(8-9-20-17)10-18-11-14-12-19(2)16-7-5-4-6-15(14)16/h4-7,12-13,17-18H,3,8-11H2,1-2H3. The van der Waals surface area contributed by atoms with Gasteiger partial charge in [-0.3, -0.25) is 0 Å². The van der Waals surface area contributed by atoms with Crippen molar-refractivity contribution < 1.29 is 4.74 Å². The van der Waals surface area contributed by atoms with E-state index in [0.717, 1.165) is 26.1 Å². The highest BCUT2D eigenvalue weighted by Crippen LogP contribution is 2.23. The maximum atomic E-state index is 5.75. The summed E-state index contributed by atoms with van der Waals surface area (Å²) in [6.45, 7) is 5.14. The number of fused-ring (bicyclic) bond motifs is 1. The molecule has 0 spiro atoms. The number of rotatable bonds is 5. The summed E-state index contributed by atoms with van der Waals surface area (Å²) in [7, 11) is 2.11. The first-order valence-corrected chi connectivity index (χ1v) is 7.65. The van der Waals surface area contributed by atoms with Crippen LogP contribution in [0.2, 0.25) is 0 Å². The fourth-order valence-electron chi connectivity index (χ4n) is 3.34. The van der Waals surface area contributed by atoms with Crippen LogP contribution in [0.4, 0.5) is 0 Å². The number of hydrogen-bond donors (Lipinski definition) is 1. The Kier molecular flexibility index (Phi) is 4.08. The van der Waals surface area contributed by atoms with Crippen molar-refractivity contribution in [2.75, 3.05) is 13.2 Å². The minimum Gasteiger partial charge on any atom is -0.378 e. The summed E-state index contributed by atoms with van der Waals surface area (Å²) in [6, 6.07) is 8.60. The lowest BCUT2D eigenvalue weighted by Crippen LogP contribution is -2.27. The summed E-state index contributed by atoms with van der Waals surface area (Å²) >= 11 is 0. The number of nitrogens with zero attached hydrogens (tertiary/aromatic N) is 1.